The van der Waals surface area contributed by atoms with Crippen LogP contribution in [0.25, 0.3) is 11.3 Å². The third-order valence-corrected chi connectivity index (χ3v) is 3.53. The third kappa shape index (κ3) is 2.79. The SMILES string of the molecule is CCC(C)n1c(-c2cccc([N+](=O)[O-])c2)ccc(N)c1=O. The second kappa shape index (κ2) is 5.78. The van der Waals surface area contributed by atoms with Gasteiger partial charge in [0, 0.05) is 23.7 Å². The van der Waals surface area contributed by atoms with Crippen molar-refractivity contribution in [2.75, 3.05) is 5.73 Å². The minimum absolute atomic E-state index is 0.00697. The lowest BCUT2D eigenvalue weighted by atomic mass is 10.1. The molecular formula is C15H17N3O3. The van der Waals surface area contributed by atoms with Crippen LogP contribution in [0.1, 0.15) is 26.3 Å². The molecular weight excluding hydrogens is 270 g/mol. The summed E-state index contributed by atoms with van der Waals surface area (Å²) in [5.41, 5.74) is 6.85. The van der Waals surface area contributed by atoms with Gasteiger partial charge >= 0.3 is 0 Å². The summed E-state index contributed by atoms with van der Waals surface area (Å²) in [6.45, 7) is 3.89. The highest BCUT2D eigenvalue weighted by atomic mass is 16.6. The monoisotopic (exact) mass is 287 g/mol. The average Bonchev–Trinajstić information content (AvgIpc) is 2.49. The molecule has 6 heteroatoms. The molecule has 2 aromatic rings. The number of nitrogens with two attached hydrogens (primary N) is 1. The fraction of sp³-hybridized carbons (Fsp3) is 0.267. The summed E-state index contributed by atoms with van der Waals surface area (Å²) in [7, 11) is 0. The van der Waals surface area contributed by atoms with E-state index in [9.17, 15) is 14.9 Å². The molecule has 1 atom stereocenters. The van der Waals surface area contributed by atoms with Crippen LogP contribution in [0.4, 0.5) is 11.4 Å². The Morgan fingerprint density at radius 3 is 2.67 bits per heavy atom. The van der Waals surface area contributed by atoms with E-state index in [2.05, 4.69) is 0 Å². The van der Waals surface area contributed by atoms with Gasteiger partial charge < -0.3 is 10.3 Å². The first kappa shape index (κ1) is 14.8. The highest BCUT2D eigenvalue weighted by Crippen LogP contribution is 2.26. The van der Waals surface area contributed by atoms with Crippen molar-refractivity contribution in [1.29, 1.82) is 0 Å². The van der Waals surface area contributed by atoms with Gasteiger partial charge in [-0.25, -0.2) is 0 Å². The summed E-state index contributed by atoms with van der Waals surface area (Å²) < 4.78 is 1.59. The topological polar surface area (TPSA) is 91.2 Å². The molecule has 0 aliphatic heterocycles. The highest BCUT2D eigenvalue weighted by molar-refractivity contribution is 5.64. The normalized spacial score (nSPS) is 12.1. The van der Waals surface area contributed by atoms with E-state index in [-0.39, 0.29) is 23.0 Å². The quantitative estimate of drug-likeness (QED) is 0.691. The minimum Gasteiger partial charge on any atom is -0.394 e. The first-order valence-electron chi connectivity index (χ1n) is 6.71. The first-order valence-corrected chi connectivity index (χ1v) is 6.71. The second-order valence-electron chi connectivity index (χ2n) is 4.91. The number of rotatable bonds is 4. The van der Waals surface area contributed by atoms with E-state index in [4.69, 9.17) is 5.73 Å². The van der Waals surface area contributed by atoms with Crippen molar-refractivity contribution in [2.45, 2.75) is 26.3 Å². The van der Waals surface area contributed by atoms with Crippen LogP contribution in [-0.2, 0) is 0 Å². The number of benzene rings is 1. The molecule has 2 N–H and O–H groups in total. The van der Waals surface area contributed by atoms with Crippen LogP contribution in [-0.4, -0.2) is 9.49 Å². The van der Waals surface area contributed by atoms with Crippen molar-refractivity contribution < 1.29 is 4.92 Å². The van der Waals surface area contributed by atoms with Crippen LogP contribution >= 0.6 is 0 Å². The lowest BCUT2D eigenvalue weighted by Crippen LogP contribution is -2.26. The first-order chi connectivity index (χ1) is 9.95. The Morgan fingerprint density at radius 1 is 1.33 bits per heavy atom. The molecule has 0 aliphatic rings. The molecule has 0 aliphatic carbocycles. The summed E-state index contributed by atoms with van der Waals surface area (Å²) in [6.07, 6.45) is 0.755. The Labute approximate surface area is 122 Å². The van der Waals surface area contributed by atoms with Crippen molar-refractivity contribution in [1.82, 2.24) is 4.57 Å². The maximum absolute atomic E-state index is 12.3. The molecule has 6 nitrogen and oxygen atoms in total. The molecule has 2 rings (SSSR count). The van der Waals surface area contributed by atoms with Gasteiger partial charge in [0.05, 0.1) is 16.3 Å². The van der Waals surface area contributed by atoms with Gasteiger partial charge in [-0.2, -0.15) is 0 Å². The van der Waals surface area contributed by atoms with Crippen molar-refractivity contribution in [3.63, 3.8) is 0 Å². The van der Waals surface area contributed by atoms with E-state index in [1.165, 1.54) is 18.2 Å². The fourth-order valence-corrected chi connectivity index (χ4v) is 2.20. The van der Waals surface area contributed by atoms with E-state index < -0.39 is 4.92 Å². The molecule has 0 fully saturated rings. The summed E-state index contributed by atoms with van der Waals surface area (Å²) in [5, 5.41) is 10.9. The maximum Gasteiger partial charge on any atom is 0.274 e. The van der Waals surface area contributed by atoms with Gasteiger partial charge in [-0.05, 0) is 25.5 Å². The number of hydrogen-bond acceptors (Lipinski definition) is 4. The van der Waals surface area contributed by atoms with E-state index in [1.54, 1.807) is 22.8 Å². The summed E-state index contributed by atoms with van der Waals surface area (Å²) >= 11 is 0. The number of aromatic nitrogens is 1. The van der Waals surface area contributed by atoms with Crippen molar-refractivity contribution in [3.05, 3.63) is 56.9 Å². The number of hydrogen-bond donors (Lipinski definition) is 1. The van der Waals surface area contributed by atoms with E-state index in [0.717, 1.165) is 6.42 Å². The predicted octanol–water partition coefficient (Wildman–Crippen LogP) is 2.98. The zero-order valence-electron chi connectivity index (χ0n) is 11.9. The summed E-state index contributed by atoms with van der Waals surface area (Å²) in [5.74, 6) is 0. The van der Waals surface area contributed by atoms with Crippen molar-refractivity contribution >= 4 is 11.4 Å². The zero-order chi connectivity index (χ0) is 15.6. The standard InChI is InChI=1S/C15H17N3O3/c1-3-10(2)17-14(8-7-13(16)15(17)19)11-5-4-6-12(9-11)18(20)21/h4-10H,3,16H2,1-2H3. The molecule has 1 aromatic carbocycles. The maximum atomic E-state index is 12.3. The van der Waals surface area contributed by atoms with Gasteiger partial charge in [0.15, 0.2) is 0 Å². The molecule has 1 aromatic heterocycles. The van der Waals surface area contributed by atoms with Gasteiger partial charge in [-0.3, -0.25) is 14.9 Å². The Hall–Kier alpha value is -2.63. The number of pyridine rings is 1. The van der Waals surface area contributed by atoms with Gasteiger partial charge in [-0.15, -0.1) is 0 Å². The van der Waals surface area contributed by atoms with Crippen molar-refractivity contribution in [2.24, 2.45) is 0 Å². The molecule has 0 bridgehead atoms. The largest absolute Gasteiger partial charge is 0.394 e. The molecule has 1 heterocycles. The lowest BCUT2D eigenvalue weighted by Gasteiger charge is -2.19. The lowest BCUT2D eigenvalue weighted by molar-refractivity contribution is -0.384. The van der Waals surface area contributed by atoms with Crippen LogP contribution in [0.2, 0.25) is 0 Å². The zero-order valence-corrected chi connectivity index (χ0v) is 11.9. The Bertz CT molecular complexity index is 737. The average molecular weight is 287 g/mol. The number of non-ortho nitro benzene ring substituents is 1. The fourth-order valence-electron chi connectivity index (χ4n) is 2.20. The second-order valence-corrected chi connectivity index (χ2v) is 4.91. The molecule has 110 valence electrons. The number of nitrogens with zero attached hydrogens (tertiary/aromatic N) is 2. The summed E-state index contributed by atoms with van der Waals surface area (Å²) in [4.78, 5) is 22.7. The summed E-state index contributed by atoms with van der Waals surface area (Å²) in [6, 6.07) is 9.45. The molecule has 0 saturated heterocycles. The Morgan fingerprint density at radius 2 is 2.05 bits per heavy atom. The minimum atomic E-state index is -0.452. The van der Waals surface area contributed by atoms with E-state index in [1.807, 2.05) is 13.8 Å². The predicted molar refractivity (Wildman–Crippen MR) is 82.2 cm³/mol. The van der Waals surface area contributed by atoms with Crippen molar-refractivity contribution in [3.8, 4) is 11.3 Å². The van der Waals surface area contributed by atoms with Gasteiger partial charge in [-0.1, -0.05) is 19.1 Å². The van der Waals surface area contributed by atoms with Gasteiger partial charge in [0.2, 0.25) is 0 Å². The Kier molecular flexibility index (Phi) is 4.07. The smallest absolute Gasteiger partial charge is 0.274 e. The van der Waals surface area contributed by atoms with E-state index in [0.29, 0.717) is 11.3 Å². The molecule has 0 amide bonds. The molecule has 21 heavy (non-hydrogen) atoms. The number of anilines is 1. The molecule has 0 radical (unpaired) electrons. The van der Waals surface area contributed by atoms with Gasteiger partial charge in [0.1, 0.15) is 0 Å². The van der Waals surface area contributed by atoms with Crippen LogP contribution in [0.3, 0.4) is 0 Å². The molecule has 1 unspecified atom stereocenters. The van der Waals surface area contributed by atoms with Crippen LogP contribution in [0.5, 0.6) is 0 Å². The van der Waals surface area contributed by atoms with E-state index >= 15 is 0 Å². The number of nitro benzene ring substituents is 1. The molecule has 0 saturated carbocycles. The van der Waals surface area contributed by atoms with Crippen LogP contribution in [0, 0.1) is 10.1 Å². The van der Waals surface area contributed by atoms with Gasteiger partial charge in [0.25, 0.3) is 11.2 Å². The number of nitro groups is 1. The number of nitrogen functional groups attached to an aromatic ring is 1. The van der Waals surface area contributed by atoms with Crippen LogP contribution in [0.15, 0.2) is 41.2 Å². The highest BCUT2D eigenvalue weighted by Gasteiger charge is 2.15. The Balaban J connectivity index is 2.69. The molecule has 0 spiro atoms. The van der Waals surface area contributed by atoms with Crippen LogP contribution < -0.4 is 11.3 Å². The third-order valence-electron chi connectivity index (χ3n) is 3.53.